The van der Waals surface area contributed by atoms with Crippen LogP contribution < -0.4 is 0 Å². The van der Waals surface area contributed by atoms with Crippen molar-refractivity contribution in [2.45, 2.75) is 25.9 Å². The zero-order chi connectivity index (χ0) is 11.2. The molecule has 0 spiro atoms. The molecule has 0 rings (SSSR count). The number of alkyl halides is 3. The number of carbonyl (C=O) groups is 1. The molecule has 0 atom stereocenters. The highest BCUT2D eigenvalue weighted by Gasteiger charge is 2.29. The first-order valence-electron chi connectivity index (χ1n) is 4.36. The third-order valence-corrected chi connectivity index (χ3v) is 1.72. The Morgan fingerprint density at radius 3 is 2.36 bits per heavy atom. The van der Waals surface area contributed by atoms with Crippen molar-refractivity contribution in [3.8, 4) is 0 Å². The minimum Gasteiger partial charge on any atom is -0.481 e. The molecule has 6 heteroatoms. The van der Waals surface area contributed by atoms with E-state index < -0.39 is 18.7 Å². The fourth-order valence-electron chi connectivity index (χ4n) is 1.06. The van der Waals surface area contributed by atoms with Gasteiger partial charge in [-0.2, -0.15) is 13.2 Å². The van der Waals surface area contributed by atoms with Crippen LogP contribution in [0.5, 0.6) is 0 Å². The zero-order valence-corrected chi connectivity index (χ0v) is 7.97. The van der Waals surface area contributed by atoms with Crippen LogP contribution in [0.1, 0.15) is 19.8 Å². The Morgan fingerprint density at radius 1 is 1.43 bits per heavy atom. The van der Waals surface area contributed by atoms with Crippen LogP contribution in [0.2, 0.25) is 0 Å². The second-order valence-electron chi connectivity index (χ2n) is 2.98. The molecule has 0 fully saturated rings. The van der Waals surface area contributed by atoms with E-state index in [0.29, 0.717) is 0 Å². The van der Waals surface area contributed by atoms with Gasteiger partial charge in [0.1, 0.15) is 0 Å². The predicted octanol–water partition coefficient (Wildman–Crippen LogP) is 1.74. The molecule has 0 aliphatic rings. The van der Waals surface area contributed by atoms with E-state index in [0.717, 1.165) is 0 Å². The number of halogens is 3. The molecule has 0 saturated heterocycles. The summed E-state index contributed by atoms with van der Waals surface area (Å²) < 4.78 is 35.8. The van der Waals surface area contributed by atoms with E-state index in [1.807, 2.05) is 0 Å². The standard InChI is InChI=1S/C8H14F3NO2/c1-2-12(6-8(9,10)11)5-3-4-7(13)14/h2-6H2,1H3,(H,13,14). The van der Waals surface area contributed by atoms with E-state index >= 15 is 0 Å². The highest BCUT2D eigenvalue weighted by molar-refractivity contribution is 5.66. The third kappa shape index (κ3) is 7.85. The molecular weight excluding hydrogens is 199 g/mol. The van der Waals surface area contributed by atoms with Crippen molar-refractivity contribution in [3.63, 3.8) is 0 Å². The minimum absolute atomic E-state index is 0.0889. The minimum atomic E-state index is -4.21. The highest BCUT2D eigenvalue weighted by atomic mass is 19.4. The van der Waals surface area contributed by atoms with Crippen molar-refractivity contribution < 1.29 is 23.1 Å². The van der Waals surface area contributed by atoms with Crippen LogP contribution in [0, 0.1) is 0 Å². The van der Waals surface area contributed by atoms with Gasteiger partial charge >= 0.3 is 12.1 Å². The van der Waals surface area contributed by atoms with Crippen LogP contribution in [0.3, 0.4) is 0 Å². The lowest BCUT2D eigenvalue weighted by Gasteiger charge is -2.21. The smallest absolute Gasteiger partial charge is 0.401 e. The van der Waals surface area contributed by atoms with Gasteiger partial charge in [-0.25, -0.2) is 0 Å². The van der Waals surface area contributed by atoms with E-state index in [-0.39, 0.29) is 25.9 Å². The molecule has 0 bridgehead atoms. The molecule has 0 aromatic carbocycles. The normalized spacial score (nSPS) is 12.1. The lowest BCUT2D eigenvalue weighted by molar-refractivity contribution is -0.145. The maximum Gasteiger partial charge on any atom is 0.401 e. The van der Waals surface area contributed by atoms with Gasteiger partial charge in [-0.15, -0.1) is 0 Å². The number of hydrogen-bond acceptors (Lipinski definition) is 2. The van der Waals surface area contributed by atoms with Crippen molar-refractivity contribution in [1.29, 1.82) is 0 Å². The second kappa shape index (κ2) is 5.85. The Morgan fingerprint density at radius 2 is 2.00 bits per heavy atom. The number of nitrogens with zero attached hydrogens (tertiary/aromatic N) is 1. The van der Waals surface area contributed by atoms with E-state index in [4.69, 9.17) is 5.11 Å². The van der Waals surface area contributed by atoms with Crippen molar-refractivity contribution >= 4 is 5.97 Å². The van der Waals surface area contributed by atoms with E-state index in [9.17, 15) is 18.0 Å². The van der Waals surface area contributed by atoms with Crippen molar-refractivity contribution in [2.75, 3.05) is 19.6 Å². The van der Waals surface area contributed by atoms with Gasteiger partial charge in [0.05, 0.1) is 6.54 Å². The monoisotopic (exact) mass is 213 g/mol. The molecular formula is C8H14F3NO2. The quantitative estimate of drug-likeness (QED) is 0.730. The second-order valence-corrected chi connectivity index (χ2v) is 2.98. The SMILES string of the molecule is CCN(CCCC(=O)O)CC(F)(F)F. The molecule has 0 heterocycles. The molecule has 0 unspecified atom stereocenters. The molecule has 0 amide bonds. The van der Waals surface area contributed by atoms with Gasteiger partial charge in [0, 0.05) is 6.42 Å². The molecule has 1 N–H and O–H groups in total. The van der Waals surface area contributed by atoms with Gasteiger partial charge in [-0.1, -0.05) is 6.92 Å². The number of carboxylic acids is 1. The lowest BCUT2D eigenvalue weighted by Crippen LogP contribution is -2.34. The van der Waals surface area contributed by atoms with Crippen LogP contribution in [0.25, 0.3) is 0 Å². The Bertz CT molecular complexity index is 182. The molecule has 0 radical (unpaired) electrons. The van der Waals surface area contributed by atoms with E-state index in [2.05, 4.69) is 0 Å². The first-order chi connectivity index (χ1) is 6.35. The topological polar surface area (TPSA) is 40.5 Å². The Kier molecular flexibility index (Phi) is 5.52. The lowest BCUT2D eigenvalue weighted by atomic mass is 10.3. The summed E-state index contributed by atoms with van der Waals surface area (Å²) in [6.07, 6.45) is -4.05. The Hall–Kier alpha value is -0.780. The van der Waals surface area contributed by atoms with E-state index in [1.165, 1.54) is 4.90 Å². The molecule has 0 aromatic heterocycles. The van der Waals surface area contributed by atoms with Crippen LogP contribution in [0.15, 0.2) is 0 Å². The average Bonchev–Trinajstić information content (AvgIpc) is 1.99. The van der Waals surface area contributed by atoms with Gasteiger partial charge in [0.15, 0.2) is 0 Å². The molecule has 0 aliphatic carbocycles. The predicted molar refractivity (Wildman–Crippen MR) is 45.0 cm³/mol. The number of hydrogen-bond donors (Lipinski definition) is 1. The molecule has 14 heavy (non-hydrogen) atoms. The van der Waals surface area contributed by atoms with E-state index in [1.54, 1.807) is 6.92 Å². The first-order valence-corrected chi connectivity index (χ1v) is 4.36. The summed E-state index contributed by atoms with van der Waals surface area (Å²) in [5.74, 6) is -0.979. The van der Waals surface area contributed by atoms with Gasteiger partial charge < -0.3 is 5.11 Å². The average molecular weight is 213 g/mol. The molecule has 0 aromatic rings. The third-order valence-electron chi connectivity index (χ3n) is 1.72. The molecule has 3 nitrogen and oxygen atoms in total. The Labute approximate surface area is 80.5 Å². The summed E-state index contributed by atoms with van der Waals surface area (Å²) in [6, 6.07) is 0. The van der Waals surface area contributed by atoms with Crippen LogP contribution >= 0.6 is 0 Å². The van der Waals surface area contributed by atoms with Gasteiger partial charge in [-0.3, -0.25) is 9.69 Å². The zero-order valence-electron chi connectivity index (χ0n) is 7.97. The van der Waals surface area contributed by atoms with Crippen LogP contribution in [-0.4, -0.2) is 41.8 Å². The highest BCUT2D eigenvalue weighted by Crippen LogP contribution is 2.16. The van der Waals surface area contributed by atoms with Crippen molar-refractivity contribution in [3.05, 3.63) is 0 Å². The van der Waals surface area contributed by atoms with Gasteiger partial charge in [-0.05, 0) is 19.5 Å². The molecule has 0 saturated carbocycles. The van der Waals surface area contributed by atoms with Crippen molar-refractivity contribution in [1.82, 2.24) is 4.90 Å². The van der Waals surface area contributed by atoms with Crippen molar-refractivity contribution in [2.24, 2.45) is 0 Å². The fourth-order valence-corrected chi connectivity index (χ4v) is 1.06. The fraction of sp³-hybridized carbons (Fsp3) is 0.875. The largest absolute Gasteiger partial charge is 0.481 e. The first kappa shape index (κ1) is 13.2. The van der Waals surface area contributed by atoms with Gasteiger partial charge in [0.25, 0.3) is 0 Å². The summed E-state index contributed by atoms with van der Waals surface area (Å²) in [4.78, 5) is 11.3. The summed E-state index contributed by atoms with van der Waals surface area (Å²) in [5, 5.41) is 8.29. The Balaban J connectivity index is 3.74. The summed E-state index contributed by atoms with van der Waals surface area (Å²) in [5.41, 5.74) is 0. The molecule has 0 aliphatic heterocycles. The summed E-state index contributed by atoms with van der Waals surface area (Å²) in [6.45, 7) is 1.09. The maximum atomic E-state index is 11.9. The summed E-state index contributed by atoms with van der Waals surface area (Å²) >= 11 is 0. The number of aliphatic carboxylic acids is 1. The number of carboxylic acid groups (broad SMARTS) is 1. The maximum absolute atomic E-state index is 11.9. The summed E-state index contributed by atoms with van der Waals surface area (Å²) in [7, 11) is 0. The van der Waals surface area contributed by atoms with Crippen LogP contribution in [0.4, 0.5) is 13.2 Å². The van der Waals surface area contributed by atoms with Crippen LogP contribution in [-0.2, 0) is 4.79 Å². The number of rotatable bonds is 6. The molecule has 84 valence electrons. The van der Waals surface area contributed by atoms with Gasteiger partial charge in [0.2, 0.25) is 0 Å².